The molecule has 1 aromatic carbocycles. The Morgan fingerprint density at radius 2 is 2.00 bits per heavy atom. The maximum Gasteiger partial charge on any atom is 0.222 e. The van der Waals surface area contributed by atoms with E-state index in [0.29, 0.717) is 17.6 Å². The number of thioether (sulfide) groups is 1. The molecule has 2 heterocycles. The van der Waals surface area contributed by atoms with Gasteiger partial charge in [0, 0.05) is 48.6 Å². The van der Waals surface area contributed by atoms with Gasteiger partial charge in [-0.1, -0.05) is 18.2 Å². The molecule has 134 valence electrons. The second-order valence-electron chi connectivity index (χ2n) is 6.73. The summed E-state index contributed by atoms with van der Waals surface area (Å²) in [6, 6.07) is 8.57. The third kappa shape index (κ3) is 4.88. The van der Waals surface area contributed by atoms with Gasteiger partial charge in [-0.25, -0.2) is 4.98 Å². The first-order chi connectivity index (χ1) is 12.1. The second-order valence-corrected chi connectivity index (χ2v) is 8.08. The normalized spacial score (nSPS) is 15.5. The van der Waals surface area contributed by atoms with Crippen LogP contribution in [-0.4, -0.2) is 38.7 Å². The molecule has 3 rings (SSSR count). The first-order valence-electron chi connectivity index (χ1n) is 9.11. The number of carbonyl (C=O) groups excluding carboxylic acids is 1. The lowest BCUT2D eigenvalue weighted by atomic mass is 10.1. The van der Waals surface area contributed by atoms with Crippen molar-refractivity contribution in [3.63, 3.8) is 0 Å². The average molecular weight is 358 g/mol. The molecule has 5 heteroatoms. The third-order valence-corrected chi connectivity index (χ3v) is 6.41. The van der Waals surface area contributed by atoms with Crippen LogP contribution in [0.3, 0.4) is 0 Å². The van der Waals surface area contributed by atoms with E-state index >= 15 is 0 Å². The van der Waals surface area contributed by atoms with E-state index < -0.39 is 0 Å². The Morgan fingerprint density at radius 3 is 2.68 bits per heavy atom. The van der Waals surface area contributed by atoms with Gasteiger partial charge in [0.05, 0.1) is 0 Å². The molecule has 1 fully saturated rings. The summed E-state index contributed by atoms with van der Waals surface area (Å²) in [6.45, 7) is 6.83. The third-order valence-electron chi connectivity index (χ3n) is 4.90. The number of benzene rings is 1. The predicted molar refractivity (Wildman–Crippen MR) is 103 cm³/mol. The number of hydrogen-bond donors (Lipinski definition) is 0. The summed E-state index contributed by atoms with van der Waals surface area (Å²) < 4.78 is 2.11. The standard InChI is InChI=1S/C20H27N3OS/c1-16-6-3-4-7-19(16)25-18-9-13-23(14-10-18)20(24)8-5-12-22-15-11-21-17(22)2/h3-4,6-7,11,15,18H,5,8-10,12-14H2,1-2H3. The molecular formula is C20H27N3OS. The Kier molecular flexibility index (Phi) is 6.19. The highest BCUT2D eigenvalue weighted by molar-refractivity contribution is 8.00. The van der Waals surface area contributed by atoms with Gasteiger partial charge in [-0.2, -0.15) is 0 Å². The minimum absolute atomic E-state index is 0.303. The number of likely N-dealkylation sites (tertiary alicyclic amines) is 1. The molecule has 0 atom stereocenters. The summed E-state index contributed by atoms with van der Waals surface area (Å²) in [5, 5.41) is 0.624. The van der Waals surface area contributed by atoms with E-state index in [9.17, 15) is 4.79 Å². The molecule has 1 amide bonds. The van der Waals surface area contributed by atoms with Crippen LogP contribution in [0.4, 0.5) is 0 Å². The zero-order valence-corrected chi connectivity index (χ0v) is 16.0. The van der Waals surface area contributed by atoms with E-state index in [-0.39, 0.29) is 0 Å². The highest BCUT2D eigenvalue weighted by Crippen LogP contribution is 2.32. The fourth-order valence-electron chi connectivity index (χ4n) is 3.29. The minimum Gasteiger partial charge on any atom is -0.343 e. The van der Waals surface area contributed by atoms with Crippen LogP contribution >= 0.6 is 11.8 Å². The molecule has 0 bridgehead atoms. The van der Waals surface area contributed by atoms with Crippen LogP contribution in [-0.2, 0) is 11.3 Å². The first-order valence-corrected chi connectivity index (χ1v) is 9.99. The lowest BCUT2D eigenvalue weighted by Gasteiger charge is -2.32. The molecule has 1 aliphatic rings. The van der Waals surface area contributed by atoms with Crippen LogP contribution in [0.15, 0.2) is 41.6 Å². The van der Waals surface area contributed by atoms with Crippen LogP contribution in [0, 0.1) is 13.8 Å². The Labute approximate surface area is 154 Å². The van der Waals surface area contributed by atoms with E-state index in [1.807, 2.05) is 31.1 Å². The van der Waals surface area contributed by atoms with Gasteiger partial charge in [-0.15, -0.1) is 11.8 Å². The largest absolute Gasteiger partial charge is 0.343 e. The zero-order valence-electron chi connectivity index (χ0n) is 15.1. The summed E-state index contributed by atoms with van der Waals surface area (Å²) in [5.74, 6) is 1.32. The molecule has 1 saturated heterocycles. The Bertz CT molecular complexity index is 704. The number of carbonyl (C=O) groups is 1. The average Bonchev–Trinajstić information content (AvgIpc) is 3.02. The molecule has 1 aliphatic heterocycles. The zero-order chi connectivity index (χ0) is 17.6. The van der Waals surface area contributed by atoms with Gasteiger partial charge >= 0.3 is 0 Å². The van der Waals surface area contributed by atoms with Crippen LogP contribution in [0.1, 0.15) is 37.1 Å². The van der Waals surface area contributed by atoms with Crippen molar-refractivity contribution in [3.05, 3.63) is 48.0 Å². The van der Waals surface area contributed by atoms with E-state index in [1.54, 1.807) is 0 Å². The van der Waals surface area contributed by atoms with Crippen molar-refractivity contribution in [2.75, 3.05) is 13.1 Å². The van der Waals surface area contributed by atoms with Crippen LogP contribution in [0.25, 0.3) is 0 Å². The first kappa shape index (κ1) is 18.1. The lowest BCUT2D eigenvalue weighted by molar-refractivity contribution is -0.132. The second kappa shape index (κ2) is 8.56. The van der Waals surface area contributed by atoms with Crippen LogP contribution < -0.4 is 0 Å². The number of rotatable bonds is 6. The van der Waals surface area contributed by atoms with Crippen molar-refractivity contribution in [1.29, 1.82) is 0 Å². The van der Waals surface area contributed by atoms with Gasteiger partial charge in [0.15, 0.2) is 0 Å². The molecule has 4 nitrogen and oxygen atoms in total. The quantitative estimate of drug-likeness (QED) is 0.782. The molecule has 0 N–H and O–H groups in total. The van der Waals surface area contributed by atoms with E-state index in [2.05, 4.69) is 45.6 Å². The van der Waals surface area contributed by atoms with Crippen molar-refractivity contribution < 1.29 is 4.79 Å². The monoisotopic (exact) mass is 357 g/mol. The summed E-state index contributed by atoms with van der Waals surface area (Å²) >= 11 is 1.97. The minimum atomic E-state index is 0.303. The fraction of sp³-hybridized carbons (Fsp3) is 0.500. The number of nitrogens with zero attached hydrogens (tertiary/aromatic N) is 3. The Morgan fingerprint density at radius 1 is 1.24 bits per heavy atom. The smallest absolute Gasteiger partial charge is 0.222 e. The summed E-state index contributed by atoms with van der Waals surface area (Å²) in [6.07, 6.45) is 7.49. The van der Waals surface area contributed by atoms with Gasteiger partial charge in [-0.05, 0) is 44.7 Å². The molecule has 2 aromatic rings. The topological polar surface area (TPSA) is 38.1 Å². The predicted octanol–water partition coefficient (Wildman–Crippen LogP) is 4.06. The van der Waals surface area contributed by atoms with Crippen molar-refractivity contribution in [1.82, 2.24) is 14.5 Å². The van der Waals surface area contributed by atoms with Gasteiger partial charge in [-0.3, -0.25) is 4.79 Å². The van der Waals surface area contributed by atoms with Crippen molar-refractivity contribution >= 4 is 17.7 Å². The highest BCUT2D eigenvalue weighted by Gasteiger charge is 2.23. The summed E-state index contributed by atoms with van der Waals surface area (Å²) in [4.78, 5) is 20.1. The maximum atomic E-state index is 12.4. The Balaban J connectivity index is 1.40. The van der Waals surface area contributed by atoms with Crippen LogP contribution in [0.2, 0.25) is 0 Å². The number of hydrogen-bond acceptors (Lipinski definition) is 3. The molecular weight excluding hydrogens is 330 g/mol. The van der Waals surface area contributed by atoms with E-state index in [0.717, 1.165) is 44.7 Å². The molecule has 1 aromatic heterocycles. The van der Waals surface area contributed by atoms with Crippen LogP contribution in [0.5, 0.6) is 0 Å². The number of aromatic nitrogens is 2. The molecule has 0 unspecified atom stereocenters. The van der Waals surface area contributed by atoms with Gasteiger partial charge < -0.3 is 9.47 Å². The summed E-state index contributed by atoms with van der Waals surface area (Å²) in [7, 11) is 0. The number of amides is 1. The van der Waals surface area contributed by atoms with Gasteiger partial charge in [0.2, 0.25) is 5.91 Å². The van der Waals surface area contributed by atoms with Crippen molar-refractivity contribution in [2.24, 2.45) is 0 Å². The van der Waals surface area contributed by atoms with E-state index in [4.69, 9.17) is 0 Å². The SMILES string of the molecule is Cc1ccccc1SC1CCN(C(=O)CCCn2ccnc2C)CC1. The van der Waals surface area contributed by atoms with Crippen molar-refractivity contribution in [2.45, 2.75) is 56.2 Å². The highest BCUT2D eigenvalue weighted by atomic mass is 32.2. The summed E-state index contributed by atoms with van der Waals surface area (Å²) in [5.41, 5.74) is 1.35. The molecule has 0 saturated carbocycles. The molecule has 25 heavy (non-hydrogen) atoms. The maximum absolute atomic E-state index is 12.4. The van der Waals surface area contributed by atoms with E-state index in [1.165, 1.54) is 10.5 Å². The number of piperidine rings is 1. The number of imidazole rings is 1. The van der Waals surface area contributed by atoms with Gasteiger partial charge in [0.1, 0.15) is 5.82 Å². The van der Waals surface area contributed by atoms with Crippen molar-refractivity contribution in [3.8, 4) is 0 Å². The lowest BCUT2D eigenvalue weighted by Crippen LogP contribution is -2.39. The molecule has 0 aliphatic carbocycles. The van der Waals surface area contributed by atoms with Gasteiger partial charge in [0.25, 0.3) is 0 Å². The fourth-order valence-corrected chi connectivity index (χ4v) is 4.51. The Hall–Kier alpha value is -1.75. The molecule has 0 radical (unpaired) electrons. The number of aryl methyl sites for hydroxylation is 3. The molecule has 0 spiro atoms.